The van der Waals surface area contributed by atoms with Crippen molar-refractivity contribution in [2.45, 2.75) is 139 Å². The standard InChI is InChI=1S/C26H54/c1-10-16-24(21-22(7)8)26(19-13-4,20-14-5)25(17-11-2,18-12-3)23(9)15-6/h22-24H,10-21H2,1-9H3. The molecule has 0 spiro atoms. The van der Waals surface area contributed by atoms with Crippen LogP contribution in [-0.2, 0) is 0 Å². The second kappa shape index (κ2) is 13.2. The van der Waals surface area contributed by atoms with E-state index in [1.54, 1.807) is 0 Å². The molecule has 0 aliphatic carbocycles. The van der Waals surface area contributed by atoms with Crippen LogP contribution < -0.4 is 0 Å². The summed E-state index contributed by atoms with van der Waals surface area (Å²) >= 11 is 0. The van der Waals surface area contributed by atoms with Crippen molar-refractivity contribution < 1.29 is 0 Å². The molecule has 0 nitrogen and oxygen atoms in total. The van der Waals surface area contributed by atoms with Crippen LogP contribution in [0.1, 0.15) is 139 Å². The quantitative estimate of drug-likeness (QED) is 0.255. The van der Waals surface area contributed by atoms with E-state index in [0.29, 0.717) is 10.8 Å². The smallest absolute Gasteiger partial charge is 0.0210 e. The van der Waals surface area contributed by atoms with Gasteiger partial charge in [0.2, 0.25) is 0 Å². The maximum absolute atomic E-state index is 2.60. The van der Waals surface area contributed by atoms with Gasteiger partial charge in [-0.1, -0.05) is 107 Å². The second-order valence-corrected chi connectivity index (χ2v) is 9.74. The molecule has 26 heavy (non-hydrogen) atoms. The molecule has 0 N–H and O–H groups in total. The molecule has 0 aliphatic rings. The Kier molecular flexibility index (Phi) is 13.2. The van der Waals surface area contributed by atoms with E-state index in [1.165, 1.54) is 77.0 Å². The van der Waals surface area contributed by atoms with Gasteiger partial charge in [-0.2, -0.15) is 0 Å². The molecule has 2 atom stereocenters. The zero-order valence-corrected chi connectivity index (χ0v) is 20.2. The third-order valence-corrected chi connectivity index (χ3v) is 7.51. The molecule has 0 rings (SSSR count). The summed E-state index contributed by atoms with van der Waals surface area (Å²) in [4.78, 5) is 0. The van der Waals surface area contributed by atoms with Crippen molar-refractivity contribution in [3.63, 3.8) is 0 Å². The molecule has 0 radical (unpaired) electrons. The van der Waals surface area contributed by atoms with Gasteiger partial charge in [0.1, 0.15) is 0 Å². The van der Waals surface area contributed by atoms with Gasteiger partial charge < -0.3 is 0 Å². The molecular weight excluding hydrogens is 312 g/mol. The van der Waals surface area contributed by atoms with Gasteiger partial charge in [0.25, 0.3) is 0 Å². The van der Waals surface area contributed by atoms with Crippen LogP contribution in [0.2, 0.25) is 0 Å². The number of hydrogen-bond donors (Lipinski definition) is 0. The Morgan fingerprint density at radius 1 is 0.577 bits per heavy atom. The molecule has 0 saturated heterocycles. The highest BCUT2D eigenvalue weighted by Gasteiger charge is 2.54. The van der Waals surface area contributed by atoms with Crippen molar-refractivity contribution in [1.82, 2.24) is 0 Å². The lowest BCUT2D eigenvalue weighted by Crippen LogP contribution is -2.51. The normalized spacial score (nSPS) is 15.5. The molecule has 0 aliphatic heterocycles. The molecule has 158 valence electrons. The molecule has 0 aromatic heterocycles. The van der Waals surface area contributed by atoms with E-state index in [1.807, 2.05) is 0 Å². The first-order valence-electron chi connectivity index (χ1n) is 12.3. The van der Waals surface area contributed by atoms with Crippen molar-refractivity contribution in [2.75, 3.05) is 0 Å². The van der Waals surface area contributed by atoms with Gasteiger partial charge >= 0.3 is 0 Å². The minimum atomic E-state index is 0.534. The van der Waals surface area contributed by atoms with Crippen LogP contribution in [0.3, 0.4) is 0 Å². The van der Waals surface area contributed by atoms with Gasteiger partial charge in [-0.05, 0) is 60.7 Å². The van der Waals surface area contributed by atoms with Crippen LogP contribution in [0.15, 0.2) is 0 Å². The molecule has 0 saturated carbocycles. The predicted molar refractivity (Wildman–Crippen MR) is 122 cm³/mol. The number of hydrogen-bond acceptors (Lipinski definition) is 0. The lowest BCUT2D eigenvalue weighted by Gasteiger charge is -2.59. The fraction of sp³-hybridized carbons (Fsp3) is 1.00. The summed E-state index contributed by atoms with van der Waals surface area (Å²) in [5.41, 5.74) is 1.07. The lowest BCUT2D eigenvalue weighted by atomic mass is 9.45. The third kappa shape index (κ3) is 6.00. The van der Waals surface area contributed by atoms with E-state index in [-0.39, 0.29) is 0 Å². The highest BCUT2D eigenvalue weighted by molar-refractivity contribution is 5.03. The van der Waals surface area contributed by atoms with Crippen LogP contribution in [0.4, 0.5) is 0 Å². The summed E-state index contributed by atoms with van der Waals surface area (Å²) < 4.78 is 0. The zero-order valence-electron chi connectivity index (χ0n) is 20.2. The van der Waals surface area contributed by atoms with Crippen LogP contribution in [0.25, 0.3) is 0 Å². The van der Waals surface area contributed by atoms with Gasteiger partial charge in [-0.25, -0.2) is 0 Å². The van der Waals surface area contributed by atoms with E-state index in [0.717, 1.165) is 17.8 Å². The van der Waals surface area contributed by atoms with E-state index >= 15 is 0 Å². The molecule has 0 amide bonds. The van der Waals surface area contributed by atoms with Gasteiger partial charge in [-0.3, -0.25) is 0 Å². The Balaban J connectivity index is 6.54. The zero-order chi connectivity index (χ0) is 20.2. The van der Waals surface area contributed by atoms with Gasteiger partial charge in [-0.15, -0.1) is 0 Å². The monoisotopic (exact) mass is 366 g/mol. The molecule has 0 fully saturated rings. The molecule has 0 heteroatoms. The first-order chi connectivity index (χ1) is 12.3. The van der Waals surface area contributed by atoms with Crippen LogP contribution in [-0.4, -0.2) is 0 Å². The van der Waals surface area contributed by atoms with Crippen LogP contribution in [0, 0.1) is 28.6 Å². The van der Waals surface area contributed by atoms with Gasteiger partial charge in [0, 0.05) is 0 Å². The topological polar surface area (TPSA) is 0 Å². The fourth-order valence-electron chi connectivity index (χ4n) is 6.76. The first-order valence-corrected chi connectivity index (χ1v) is 12.3. The van der Waals surface area contributed by atoms with Crippen LogP contribution in [0.5, 0.6) is 0 Å². The minimum absolute atomic E-state index is 0.534. The van der Waals surface area contributed by atoms with Gasteiger partial charge in [0.15, 0.2) is 0 Å². The van der Waals surface area contributed by atoms with Crippen molar-refractivity contribution in [3.05, 3.63) is 0 Å². The van der Waals surface area contributed by atoms with Crippen molar-refractivity contribution >= 4 is 0 Å². The van der Waals surface area contributed by atoms with Crippen molar-refractivity contribution in [2.24, 2.45) is 28.6 Å². The SMILES string of the molecule is CCCC(CC(C)C)C(CCC)(CCC)C(CCC)(CCC)C(C)CC. The molecule has 0 heterocycles. The first kappa shape index (κ1) is 26.0. The summed E-state index contributed by atoms with van der Waals surface area (Å²) in [5, 5.41) is 0. The molecule has 0 aromatic rings. The average Bonchev–Trinajstić information content (AvgIpc) is 2.59. The highest BCUT2D eigenvalue weighted by atomic mass is 14.6. The highest BCUT2D eigenvalue weighted by Crippen LogP contribution is 2.63. The lowest BCUT2D eigenvalue weighted by molar-refractivity contribution is -0.102. The van der Waals surface area contributed by atoms with E-state index < -0.39 is 0 Å². The molecular formula is C26H54. The van der Waals surface area contributed by atoms with Crippen LogP contribution >= 0.6 is 0 Å². The maximum Gasteiger partial charge on any atom is -0.0210 e. The summed E-state index contributed by atoms with van der Waals surface area (Å²) in [7, 11) is 0. The Bertz CT molecular complexity index is 315. The molecule has 0 aromatic carbocycles. The van der Waals surface area contributed by atoms with E-state index in [2.05, 4.69) is 62.3 Å². The van der Waals surface area contributed by atoms with Crippen molar-refractivity contribution in [1.29, 1.82) is 0 Å². The Labute approximate surface area is 168 Å². The molecule has 2 unspecified atom stereocenters. The third-order valence-electron chi connectivity index (χ3n) is 7.51. The fourth-order valence-corrected chi connectivity index (χ4v) is 6.76. The minimum Gasteiger partial charge on any atom is -0.0654 e. The Morgan fingerprint density at radius 3 is 1.31 bits per heavy atom. The summed E-state index contributed by atoms with van der Waals surface area (Å²) in [6.45, 7) is 22.1. The van der Waals surface area contributed by atoms with Gasteiger partial charge in [0.05, 0.1) is 0 Å². The van der Waals surface area contributed by atoms with E-state index in [4.69, 9.17) is 0 Å². The predicted octanol–water partition coefficient (Wildman–Crippen LogP) is 9.67. The maximum atomic E-state index is 2.60. The molecule has 0 bridgehead atoms. The van der Waals surface area contributed by atoms with Crippen molar-refractivity contribution in [3.8, 4) is 0 Å². The Hall–Kier alpha value is 0. The second-order valence-electron chi connectivity index (χ2n) is 9.74. The van der Waals surface area contributed by atoms with E-state index in [9.17, 15) is 0 Å². The summed E-state index contributed by atoms with van der Waals surface area (Å²) in [5.74, 6) is 2.56. The summed E-state index contributed by atoms with van der Waals surface area (Å²) in [6, 6.07) is 0. The summed E-state index contributed by atoms with van der Waals surface area (Å²) in [6.07, 6.45) is 16.7. The Morgan fingerprint density at radius 2 is 1.00 bits per heavy atom. The largest absolute Gasteiger partial charge is 0.0654 e. The average molecular weight is 367 g/mol. The number of rotatable bonds is 16.